The number of benzene rings is 2. The second-order valence-corrected chi connectivity index (χ2v) is 11.9. The molecule has 2 aromatic heterocycles. The Hall–Kier alpha value is -3.48. The minimum atomic E-state index is 0.955. The third kappa shape index (κ3) is 9.61. The predicted octanol–water partition coefficient (Wildman–Crippen LogP) is 7.55. The monoisotopic (exact) mass is 568 g/mol. The van der Waals surface area contributed by atoms with Crippen LogP contribution < -0.4 is 19.8 Å². The minimum absolute atomic E-state index is 0.955. The van der Waals surface area contributed by atoms with Crippen LogP contribution in [-0.2, 0) is 13.1 Å². The SMILES string of the molecule is CC[n+]1ccccc1/C=C/c1ccc(NCCSSCCNc2ccc(/C=C/c3cccc[n+]3CC)cc2)cc1. The summed E-state index contributed by atoms with van der Waals surface area (Å²) < 4.78 is 4.48. The van der Waals surface area contributed by atoms with E-state index in [0.717, 1.165) is 37.7 Å². The van der Waals surface area contributed by atoms with Crippen LogP contribution >= 0.6 is 21.6 Å². The van der Waals surface area contributed by atoms with Gasteiger partial charge in [-0.1, -0.05) is 45.9 Å². The first kappa shape index (κ1) is 29.5. The molecular weight excluding hydrogens is 529 g/mol. The average molecular weight is 569 g/mol. The van der Waals surface area contributed by atoms with E-state index in [1.807, 2.05) is 21.6 Å². The van der Waals surface area contributed by atoms with Gasteiger partial charge >= 0.3 is 0 Å². The van der Waals surface area contributed by atoms with Gasteiger partial charge in [0.1, 0.15) is 13.1 Å². The minimum Gasteiger partial charge on any atom is -0.384 e. The van der Waals surface area contributed by atoms with E-state index >= 15 is 0 Å². The van der Waals surface area contributed by atoms with E-state index < -0.39 is 0 Å². The lowest BCUT2D eigenvalue weighted by Gasteiger charge is -2.08. The zero-order valence-electron chi connectivity index (χ0n) is 23.5. The molecule has 2 N–H and O–H groups in total. The molecule has 0 aliphatic rings. The molecule has 0 spiro atoms. The van der Waals surface area contributed by atoms with E-state index in [-0.39, 0.29) is 0 Å². The molecular formula is C34H40N4S2+2. The molecule has 2 aromatic carbocycles. The Balaban J connectivity index is 1.08. The van der Waals surface area contributed by atoms with Gasteiger partial charge in [-0.15, -0.1) is 0 Å². The van der Waals surface area contributed by atoms with Gasteiger partial charge < -0.3 is 10.6 Å². The summed E-state index contributed by atoms with van der Waals surface area (Å²) in [6, 6.07) is 29.9. The van der Waals surface area contributed by atoms with Gasteiger partial charge in [-0.05, 0) is 73.5 Å². The van der Waals surface area contributed by atoms with Crippen molar-refractivity contribution in [2.45, 2.75) is 26.9 Å². The van der Waals surface area contributed by atoms with Gasteiger partial charge in [0.05, 0.1) is 0 Å². The van der Waals surface area contributed by atoms with E-state index in [9.17, 15) is 0 Å². The smallest absolute Gasteiger partial charge is 0.205 e. The molecule has 0 radical (unpaired) electrons. The van der Waals surface area contributed by atoms with E-state index in [2.05, 4.69) is 155 Å². The van der Waals surface area contributed by atoms with Crippen LogP contribution in [-0.4, -0.2) is 24.6 Å². The lowest BCUT2D eigenvalue weighted by atomic mass is 10.1. The van der Waals surface area contributed by atoms with Crippen LogP contribution in [0.1, 0.15) is 36.4 Å². The number of hydrogen-bond donors (Lipinski definition) is 2. The summed E-state index contributed by atoms with van der Waals surface area (Å²) in [5.41, 5.74) is 7.17. The summed E-state index contributed by atoms with van der Waals surface area (Å²) in [6.07, 6.45) is 12.9. The van der Waals surface area contributed by atoms with Crippen LogP contribution in [0.4, 0.5) is 11.4 Å². The van der Waals surface area contributed by atoms with Crippen LogP contribution in [0.15, 0.2) is 97.3 Å². The first-order valence-electron chi connectivity index (χ1n) is 14.0. The zero-order chi connectivity index (χ0) is 27.8. The predicted molar refractivity (Wildman–Crippen MR) is 177 cm³/mol. The average Bonchev–Trinajstić information content (AvgIpc) is 3.01. The third-order valence-electron chi connectivity index (χ3n) is 6.46. The van der Waals surface area contributed by atoms with Crippen LogP contribution in [0.3, 0.4) is 0 Å². The number of rotatable bonds is 15. The molecule has 0 atom stereocenters. The maximum Gasteiger partial charge on any atom is 0.205 e. The number of pyridine rings is 2. The standard InChI is InChI=1S/C34H38N4S2/c1-3-37-25-7-5-9-33(37)21-15-29-11-17-31(18-12-29)35-23-27-39-40-28-24-36-32-19-13-30(14-20-32)16-22-34-10-6-8-26-38(34)4-2/h5-22,25-26H,3-4,23-24,27-28H2,1-2H3/p+2. The van der Waals surface area contributed by atoms with E-state index in [0.29, 0.717) is 0 Å². The molecule has 0 bridgehead atoms. The summed E-state index contributed by atoms with van der Waals surface area (Å²) in [6.45, 7) is 8.18. The first-order chi connectivity index (χ1) is 19.7. The summed E-state index contributed by atoms with van der Waals surface area (Å²) in [5, 5.41) is 7.06. The van der Waals surface area contributed by atoms with Crippen LogP contribution in [0, 0.1) is 0 Å². The van der Waals surface area contributed by atoms with E-state index in [1.54, 1.807) is 0 Å². The van der Waals surface area contributed by atoms with Crippen molar-refractivity contribution in [3.05, 3.63) is 120 Å². The highest BCUT2D eigenvalue weighted by molar-refractivity contribution is 8.76. The largest absolute Gasteiger partial charge is 0.384 e. The number of aryl methyl sites for hydroxylation is 2. The highest BCUT2D eigenvalue weighted by Crippen LogP contribution is 2.21. The molecule has 0 aliphatic heterocycles. The quantitative estimate of drug-likeness (QED) is 0.0881. The Morgan fingerprint density at radius 1 is 0.550 bits per heavy atom. The lowest BCUT2D eigenvalue weighted by Crippen LogP contribution is -2.34. The Morgan fingerprint density at radius 3 is 1.38 bits per heavy atom. The number of nitrogens with one attached hydrogen (secondary N) is 2. The van der Waals surface area contributed by atoms with Crippen molar-refractivity contribution < 1.29 is 9.13 Å². The fourth-order valence-electron chi connectivity index (χ4n) is 4.24. The summed E-state index contributed by atoms with van der Waals surface area (Å²) in [5.74, 6) is 2.13. The van der Waals surface area contributed by atoms with E-state index in [1.165, 1.54) is 33.9 Å². The summed E-state index contributed by atoms with van der Waals surface area (Å²) >= 11 is 0. The first-order valence-corrected chi connectivity index (χ1v) is 16.5. The van der Waals surface area contributed by atoms with Gasteiger partial charge in [0.15, 0.2) is 12.4 Å². The normalized spacial score (nSPS) is 11.3. The fourth-order valence-corrected chi connectivity index (χ4v) is 6.05. The molecule has 0 fully saturated rings. The van der Waals surface area contributed by atoms with Crippen molar-refractivity contribution in [1.82, 2.24) is 0 Å². The molecule has 0 aliphatic carbocycles. The van der Waals surface area contributed by atoms with Gasteiger partial charge in [-0.3, -0.25) is 0 Å². The molecule has 6 heteroatoms. The fraction of sp³-hybridized carbons (Fsp3) is 0.235. The van der Waals surface area contributed by atoms with Crippen molar-refractivity contribution in [2.75, 3.05) is 35.2 Å². The van der Waals surface area contributed by atoms with Crippen LogP contribution in [0.2, 0.25) is 0 Å². The molecule has 206 valence electrons. The number of nitrogens with zero attached hydrogens (tertiary/aromatic N) is 2. The van der Waals surface area contributed by atoms with Crippen LogP contribution in [0.5, 0.6) is 0 Å². The molecule has 40 heavy (non-hydrogen) atoms. The van der Waals surface area contributed by atoms with Crippen molar-refractivity contribution in [2.24, 2.45) is 0 Å². The Bertz CT molecular complexity index is 1260. The summed E-state index contributed by atoms with van der Waals surface area (Å²) in [4.78, 5) is 0. The Morgan fingerprint density at radius 2 is 0.975 bits per heavy atom. The molecule has 4 aromatic rings. The van der Waals surface area contributed by atoms with Crippen molar-refractivity contribution in [1.29, 1.82) is 0 Å². The van der Waals surface area contributed by atoms with Gasteiger partial charge in [0.25, 0.3) is 0 Å². The third-order valence-corrected chi connectivity index (χ3v) is 8.87. The van der Waals surface area contributed by atoms with Gasteiger partial charge in [0, 0.05) is 72.4 Å². The number of hydrogen-bond acceptors (Lipinski definition) is 4. The second kappa shape index (κ2) is 16.6. The summed E-state index contributed by atoms with van der Waals surface area (Å²) in [7, 11) is 3.84. The highest BCUT2D eigenvalue weighted by atomic mass is 33.1. The van der Waals surface area contributed by atoms with Crippen molar-refractivity contribution in [3.8, 4) is 0 Å². The maximum atomic E-state index is 3.53. The molecule has 0 amide bonds. The molecule has 2 heterocycles. The van der Waals surface area contributed by atoms with E-state index in [4.69, 9.17) is 0 Å². The van der Waals surface area contributed by atoms with Crippen molar-refractivity contribution in [3.63, 3.8) is 0 Å². The topological polar surface area (TPSA) is 31.8 Å². The molecule has 0 saturated heterocycles. The van der Waals surface area contributed by atoms with Gasteiger partial charge in [-0.25, -0.2) is 0 Å². The number of aromatic nitrogens is 2. The zero-order valence-corrected chi connectivity index (χ0v) is 25.1. The van der Waals surface area contributed by atoms with Gasteiger partial charge in [-0.2, -0.15) is 9.13 Å². The Kier molecular flexibility index (Phi) is 12.2. The maximum absolute atomic E-state index is 3.53. The molecule has 0 saturated carbocycles. The lowest BCUT2D eigenvalue weighted by molar-refractivity contribution is -0.695. The van der Waals surface area contributed by atoms with Crippen LogP contribution in [0.25, 0.3) is 24.3 Å². The number of anilines is 2. The highest BCUT2D eigenvalue weighted by Gasteiger charge is 2.03. The van der Waals surface area contributed by atoms with Gasteiger partial charge in [0.2, 0.25) is 11.4 Å². The van der Waals surface area contributed by atoms with Crippen molar-refractivity contribution >= 4 is 57.3 Å². The molecule has 0 unspecified atom stereocenters. The molecule has 4 nitrogen and oxygen atoms in total. The molecule has 4 rings (SSSR count). The Labute approximate surface area is 247 Å². The second-order valence-electron chi connectivity index (χ2n) is 9.23.